The van der Waals surface area contributed by atoms with Crippen LogP contribution in [0, 0.1) is 5.41 Å². The Balaban J connectivity index is 0.000000407. The zero-order chi connectivity index (χ0) is 34.5. The molecule has 0 aliphatic heterocycles. The number of hydrogen-bond donors (Lipinski definition) is 3. The SMILES string of the molecule is C=N.CC(C)(C)c1ccc(-c2ccc(CNCc3ccc(-c4ccccc4)cn3)nc2)cc1.C\C=C/C(=C\CC)C(/C=C\CC)=C/N. The number of aromatic nitrogens is 2. The molecule has 0 aliphatic carbocycles. The summed E-state index contributed by atoms with van der Waals surface area (Å²) in [6.07, 6.45) is 18.1. The molecule has 0 radical (unpaired) electrons. The fraction of sp³-hybridized carbons (Fsp3) is 0.262. The standard InChI is InChI=1S/C28H29N3.C13H21N.CH3N/c1-28(2,3)25-13-9-22(10-14-25)24-12-16-27(31-18-24)20-29-19-26-15-11-23(17-30-26)21-7-5-4-6-8-21;1-4-7-10-13(11-14)12(8-5-2)9-6-3;1-2/h4-18,29H,19-20H2,1-3H3;5,7-11H,4,6,14H2,1-3H3;2H,1H2/b;8-5-,10-7-,12-9+,13-11+;. The maximum Gasteiger partial charge on any atom is 0.0542 e. The van der Waals surface area contributed by atoms with Crippen LogP contribution in [0.3, 0.4) is 0 Å². The normalized spacial score (nSPS) is 12.0. The molecule has 0 atom stereocenters. The minimum absolute atomic E-state index is 0.170. The van der Waals surface area contributed by atoms with Crippen molar-refractivity contribution in [2.24, 2.45) is 5.73 Å². The third-order valence-electron chi connectivity index (χ3n) is 7.27. The van der Waals surface area contributed by atoms with E-state index in [1.54, 1.807) is 6.20 Å². The molecule has 5 nitrogen and oxygen atoms in total. The molecule has 4 N–H and O–H groups in total. The van der Waals surface area contributed by atoms with Gasteiger partial charge in [-0.2, -0.15) is 0 Å². The van der Waals surface area contributed by atoms with E-state index in [2.05, 4.69) is 142 Å². The lowest BCUT2D eigenvalue weighted by Crippen LogP contribution is -2.14. The summed E-state index contributed by atoms with van der Waals surface area (Å²) in [5.41, 5.74) is 16.1. The molecule has 0 saturated carbocycles. The first-order valence-corrected chi connectivity index (χ1v) is 16.3. The molecule has 2 heterocycles. The predicted molar refractivity (Wildman–Crippen MR) is 203 cm³/mol. The van der Waals surface area contributed by atoms with Crippen molar-refractivity contribution in [2.45, 2.75) is 72.9 Å². The van der Waals surface area contributed by atoms with Crippen LogP contribution in [0.2, 0.25) is 0 Å². The third kappa shape index (κ3) is 13.2. The van der Waals surface area contributed by atoms with Gasteiger partial charge in [0, 0.05) is 42.8 Å². The molecule has 0 aliphatic rings. The average molecular weight is 628 g/mol. The number of benzene rings is 2. The number of nitrogens with one attached hydrogen (secondary N) is 2. The van der Waals surface area contributed by atoms with E-state index in [9.17, 15) is 0 Å². The summed E-state index contributed by atoms with van der Waals surface area (Å²) in [6, 6.07) is 27.5. The first kappa shape index (κ1) is 38.3. The Morgan fingerprint density at radius 3 is 1.68 bits per heavy atom. The largest absolute Gasteiger partial charge is 0.404 e. The Bertz CT molecular complexity index is 1560. The van der Waals surface area contributed by atoms with Crippen LogP contribution in [0.5, 0.6) is 0 Å². The third-order valence-corrected chi connectivity index (χ3v) is 7.27. The molecular weight excluding hydrogens is 574 g/mol. The van der Waals surface area contributed by atoms with Crippen molar-refractivity contribution < 1.29 is 0 Å². The monoisotopic (exact) mass is 627 g/mol. The second-order valence-corrected chi connectivity index (χ2v) is 11.9. The second-order valence-electron chi connectivity index (χ2n) is 11.9. The van der Waals surface area contributed by atoms with Crippen LogP contribution in [0.15, 0.2) is 139 Å². The zero-order valence-electron chi connectivity index (χ0n) is 29.1. The molecule has 5 heteroatoms. The van der Waals surface area contributed by atoms with Gasteiger partial charge >= 0.3 is 0 Å². The summed E-state index contributed by atoms with van der Waals surface area (Å²) < 4.78 is 0. The Hall–Kier alpha value is -4.87. The van der Waals surface area contributed by atoms with E-state index in [1.807, 2.05) is 43.6 Å². The van der Waals surface area contributed by atoms with Crippen LogP contribution >= 0.6 is 0 Å². The Morgan fingerprint density at radius 1 is 0.723 bits per heavy atom. The lowest BCUT2D eigenvalue weighted by Gasteiger charge is -2.19. The quantitative estimate of drug-likeness (QED) is 0.114. The highest BCUT2D eigenvalue weighted by Gasteiger charge is 2.13. The molecule has 0 amide bonds. The van der Waals surface area contributed by atoms with Gasteiger partial charge in [-0.05, 0) is 71.9 Å². The number of nitrogens with zero attached hydrogens (tertiary/aromatic N) is 2. The molecule has 2 aromatic heterocycles. The van der Waals surface area contributed by atoms with Gasteiger partial charge in [-0.15, -0.1) is 0 Å². The van der Waals surface area contributed by atoms with Crippen molar-refractivity contribution in [2.75, 3.05) is 0 Å². The Morgan fingerprint density at radius 2 is 1.26 bits per heavy atom. The highest BCUT2D eigenvalue weighted by molar-refractivity contribution is 5.63. The van der Waals surface area contributed by atoms with E-state index < -0.39 is 0 Å². The van der Waals surface area contributed by atoms with Crippen molar-refractivity contribution in [1.82, 2.24) is 15.3 Å². The summed E-state index contributed by atoms with van der Waals surface area (Å²) in [7, 11) is 0. The van der Waals surface area contributed by atoms with E-state index in [1.165, 1.54) is 22.3 Å². The zero-order valence-corrected chi connectivity index (χ0v) is 29.1. The van der Waals surface area contributed by atoms with Crippen LogP contribution in [-0.4, -0.2) is 16.7 Å². The highest BCUT2D eigenvalue weighted by Crippen LogP contribution is 2.26. The first-order valence-electron chi connectivity index (χ1n) is 16.3. The van der Waals surface area contributed by atoms with E-state index in [0.29, 0.717) is 13.1 Å². The number of allylic oxidation sites excluding steroid dienone is 7. The summed E-state index contributed by atoms with van der Waals surface area (Å²) in [6.45, 7) is 16.9. The molecule has 2 aromatic carbocycles. The molecule has 0 spiro atoms. The lowest BCUT2D eigenvalue weighted by molar-refractivity contribution is 0.590. The van der Waals surface area contributed by atoms with Gasteiger partial charge in [0.25, 0.3) is 0 Å². The molecule has 4 rings (SSSR count). The predicted octanol–water partition coefficient (Wildman–Crippen LogP) is 10.4. The Labute approximate surface area is 283 Å². The maximum atomic E-state index is 5.59. The van der Waals surface area contributed by atoms with Crippen molar-refractivity contribution in [3.8, 4) is 22.3 Å². The lowest BCUT2D eigenvalue weighted by atomic mass is 9.86. The van der Waals surface area contributed by atoms with E-state index in [-0.39, 0.29) is 5.41 Å². The Kier molecular flexibility index (Phi) is 17.1. The van der Waals surface area contributed by atoms with E-state index >= 15 is 0 Å². The van der Waals surface area contributed by atoms with Crippen molar-refractivity contribution in [3.63, 3.8) is 0 Å². The second kappa shape index (κ2) is 21.0. The summed E-state index contributed by atoms with van der Waals surface area (Å²) in [5.74, 6) is 0. The van der Waals surface area contributed by atoms with E-state index in [4.69, 9.17) is 11.1 Å². The van der Waals surface area contributed by atoms with Gasteiger partial charge in [-0.1, -0.05) is 132 Å². The molecular formula is C42H53N5. The summed E-state index contributed by atoms with van der Waals surface area (Å²) >= 11 is 0. The number of pyridine rings is 2. The smallest absolute Gasteiger partial charge is 0.0542 e. The highest BCUT2D eigenvalue weighted by atomic mass is 14.9. The number of rotatable bonds is 11. The van der Waals surface area contributed by atoms with Crippen LogP contribution < -0.4 is 11.1 Å². The fourth-order valence-electron chi connectivity index (χ4n) is 4.69. The molecule has 0 saturated heterocycles. The van der Waals surface area contributed by atoms with E-state index in [0.717, 1.165) is 40.9 Å². The van der Waals surface area contributed by atoms with Crippen LogP contribution in [0.25, 0.3) is 22.3 Å². The van der Waals surface area contributed by atoms with Gasteiger partial charge < -0.3 is 16.5 Å². The summed E-state index contributed by atoms with van der Waals surface area (Å²) in [4.78, 5) is 9.21. The molecule has 0 bridgehead atoms. The van der Waals surface area contributed by atoms with Crippen LogP contribution in [0.1, 0.15) is 71.3 Å². The van der Waals surface area contributed by atoms with Crippen molar-refractivity contribution in [1.29, 1.82) is 5.41 Å². The minimum Gasteiger partial charge on any atom is -0.404 e. The van der Waals surface area contributed by atoms with Gasteiger partial charge in [0.05, 0.1) is 11.4 Å². The molecule has 4 aromatic rings. The van der Waals surface area contributed by atoms with Crippen molar-refractivity contribution in [3.05, 3.63) is 156 Å². The minimum atomic E-state index is 0.170. The van der Waals surface area contributed by atoms with Gasteiger partial charge in [0.1, 0.15) is 0 Å². The molecule has 47 heavy (non-hydrogen) atoms. The number of hydrogen-bond acceptors (Lipinski definition) is 5. The molecule has 0 unspecified atom stereocenters. The van der Waals surface area contributed by atoms with Gasteiger partial charge in [-0.25, -0.2) is 0 Å². The number of nitrogens with two attached hydrogens (primary N) is 1. The fourth-order valence-corrected chi connectivity index (χ4v) is 4.69. The van der Waals surface area contributed by atoms with Crippen LogP contribution in [-0.2, 0) is 18.5 Å². The maximum absolute atomic E-state index is 5.59. The molecule has 246 valence electrons. The van der Waals surface area contributed by atoms with Gasteiger partial charge in [0.15, 0.2) is 0 Å². The average Bonchev–Trinajstić information content (AvgIpc) is 3.11. The van der Waals surface area contributed by atoms with Gasteiger partial charge in [-0.3, -0.25) is 9.97 Å². The topological polar surface area (TPSA) is 87.7 Å². The first-order chi connectivity index (χ1) is 22.8. The summed E-state index contributed by atoms with van der Waals surface area (Å²) in [5, 5.41) is 8.94. The van der Waals surface area contributed by atoms with Gasteiger partial charge in [0.2, 0.25) is 0 Å². The van der Waals surface area contributed by atoms with Crippen LogP contribution in [0.4, 0.5) is 0 Å². The van der Waals surface area contributed by atoms with Crippen molar-refractivity contribution >= 4 is 6.72 Å². The molecule has 0 fully saturated rings.